The lowest BCUT2D eigenvalue weighted by atomic mass is 9.89. The Morgan fingerprint density at radius 1 is 1.17 bits per heavy atom. The van der Waals surface area contributed by atoms with E-state index in [1.807, 2.05) is 36.2 Å². The van der Waals surface area contributed by atoms with E-state index in [1.54, 1.807) is 6.20 Å². The highest BCUT2D eigenvalue weighted by molar-refractivity contribution is 7.99. The first-order valence-corrected chi connectivity index (χ1v) is 11.3. The summed E-state index contributed by atoms with van der Waals surface area (Å²) in [6, 6.07) is 14.2. The van der Waals surface area contributed by atoms with Crippen LogP contribution in [0.2, 0.25) is 0 Å². The monoisotopic (exact) mass is 418 g/mol. The topological polar surface area (TPSA) is 59.0 Å². The lowest BCUT2D eigenvalue weighted by Gasteiger charge is -2.33. The molecule has 0 aliphatic carbocycles. The van der Waals surface area contributed by atoms with Crippen LogP contribution in [0.25, 0.3) is 11.1 Å². The van der Waals surface area contributed by atoms with Crippen LogP contribution in [0.1, 0.15) is 35.8 Å². The second-order valence-corrected chi connectivity index (χ2v) is 8.72. The van der Waals surface area contributed by atoms with E-state index in [0.717, 1.165) is 47.1 Å². The van der Waals surface area contributed by atoms with Crippen molar-refractivity contribution in [3.05, 3.63) is 71.9 Å². The summed E-state index contributed by atoms with van der Waals surface area (Å²) in [6.45, 7) is 5.54. The van der Waals surface area contributed by atoms with Crippen LogP contribution in [0, 0.1) is 13.8 Å². The highest BCUT2D eigenvalue weighted by Gasteiger charge is 2.28. The molecule has 1 fully saturated rings. The highest BCUT2D eigenvalue weighted by atomic mass is 32.2. The molecule has 3 heterocycles. The van der Waals surface area contributed by atoms with E-state index in [4.69, 9.17) is 4.98 Å². The molecule has 0 N–H and O–H groups in total. The summed E-state index contributed by atoms with van der Waals surface area (Å²) in [5.41, 5.74) is 4.49. The van der Waals surface area contributed by atoms with Gasteiger partial charge >= 0.3 is 0 Å². The van der Waals surface area contributed by atoms with Gasteiger partial charge < -0.3 is 4.90 Å². The van der Waals surface area contributed by atoms with Crippen molar-refractivity contribution in [1.82, 2.24) is 19.9 Å². The van der Waals surface area contributed by atoms with Crippen LogP contribution in [0.15, 0.2) is 59.9 Å². The predicted molar refractivity (Wildman–Crippen MR) is 120 cm³/mol. The van der Waals surface area contributed by atoms with Crippen molar-refractivity contribution in [1.29, 1.82) is 0 Å². The number of pyridine rings is 1. The number of likely N-dealkylation sites (tertiary alicyclic amines) is 1. The number of rotatable bonds is 5. The van der Waals surface area contributed by atoms with Gasteiger partial charge in [-0.25, -0.2) is 15.0 Å². The zero-order chi connectivity index (χ0) is 20.9. The van der Waals surface area contributed by atoms with Crippen molar-refractivity contribution < 1.29 is 4.79 Å². The molecule has 1 saturated heterocycles. The van der Waals surface area contributed by atoms with Gasteiger partial charge in [0.1, 0.15) is 5.82 Å². The molecule has 0 radical (unpaired) electrons. The molecule has 2 aromatic heterocycles. The number of aromatic nitrogens is 3. The van der Waals surface area contributed by atoms with Gasteiger partial charge in [-0.05, 0) is 44.4 Å². The summed E-state index contributed by atoms with van der Waals surface area (Å²) < 4.78 is 0. The van der Waals surface area contributed by atoms with Crippen molar-refractivity contribution in [2.45, 2.75) is 37.6 Å². The summed E-state index contributed by atoms with van der Waals surface area (Å²) in [5.74, 6) is 1.57. The van der Waals surface area contributed by atoms with Crippen molar-refractivity contribution in [2.24, 2.45) is 0 Å². The van der Waals surface area contributed by atoms with Crippen LogP contribution in [-0.4, -0.2) is 44.6 Å². The molecular weight excluding hydrogens is 392 g/mol. The Hall–Kier alpha value is -2.73. The number of aryl methyl sites for hydroxylation is 2. The Labute approximate surface area is 182 Å². The normalized spacial score (nSPS) is 16.5. The van der Waals surface area contributed by atoms with E-state index in [1.165, 1.54) is 17.3 Å². The fraction of sp³-hybridized carbons (Fsp3) is 0.333. The van der Waals surface area contributed by atoms with Crippen LogP contribution in [-0.2, 0) is 4.79 Å². The van der Waals surface area contributed by atoms with E-state index in [-0.39, 0.29) is 11.8 Å². The lowest BCUT2D eigenvalue weighted by molar-refractivity contribution is -0.129. The second-order valence-electron chi connectivity index (χ2n) is 7.72. The number of nitrogens with zero attached hydrogens (tertiary/aromatic N) is 4. The number of hydrogen-bond donors (Lipinski definition) is 0. The Balaban J connectivity index is 1.52. The molecule has 154 valence electrons. The minimum Gasteiger partial charge on any atom is -0.341 e. The number of thioether (sulfide) groups is 1. The molecule has 0 spiro atoms. The molecule has 1 aliphatic heterocycles. The summed E-state index contributed by atoms with van der Waals surface area (Å²) in [6.07, 6.45) is 5.71. The average molecular weight is 419 g/mol. The number of piperidine rings is 1. The molecule has 4 rings (SSSR count). The molecule has 5 nitrogen and oxygen atoms in total. The van der Waals surface area contributed by atoms with E-state index in [0.29, 0.717) is 12.3 Å². The van der Waals surface area contributed by atoms with Crippen molar-refractivity contribution in [3.8, 4) is 11.1 Å². The number of carbonyl (C=O) groups is 1. The molecule has 0 saturated carbocycles. The smallest absolute Gasteiger partial charge is 0.233 e. The van der Waals surface area contributed by atoms with Gasteiger partial charge in [0.05, 0.1) is 16.5 Å². The molecule has 1 aromatic carbocycles. The maximum absolute atomic E-state index is 12.9. The molecule has 1 amide bonds. The second kappa shape index (κ2) is 9.39. The molecule has 0 bridgehead atoms. The van der Waals surface area contributed by atoms with E-state index < -0.39 is 0 Å². The summed E-state index contributed by atoms with van der Waals surface area (Å²) >= 11 is 1.50. The number of hydrogen-bond acceptors (Lipinski definition) is 5. The minimum absolute atomic E-state index is 0.165. The van der Waals surface area contributed by atoms with E-state index >= 15 is 0 Å². The Morgan fingerprint density at radius 2 is 2.07 bits per heavy atom. The van der Waals surface area contributed by atoms with Gasteiger partial charge in [0, 0.05) is 37.0 Å². The maximum Gasteiger partial charge on any atom is 0.233 e. The van der Waals surface area contributed by atoms with Gasteiger partial charge in [-0.2, -0.15) is 0 Å². The third-order valence-electron chi connectivity index (χ3n) is 5.41. The van der Waals surface area contributed by atoms with Crippen LogP contribution in [0.5, 0.6) is 0 Å². The van der Waals surface area contributed by atoms with Crippen LogP contribution in [0.3, 0.4) is 0 Å². The molecular formula is C24H26N4OS. The molecule has 6 heteroatoms. The van der Waals surface area contributed by atoms with Crippen molar-refractivity contribution >= 4 is 17.7 Å². The Bertz CT molecular complexity index is 1020. The maximum atomic E-state index is 12.9. The molecule has 1 aliphatic rings. The number of amides is 1. The summed E-state index contributed by atoms with van der Waals surface area (Å²) in [5, 5.41) is 0.882. The third kappa shape index (κ3) is 4.87. The number of benzene rings is 1. The first kappa shape index (κ1) is 20.5. The number of carbonyl (C=O) groups excluding carboxylic acids is 1. The molecule has 1 atom stereocenters. The van der Waals surface area contributed by atoms with Crippen molar-refractivity contribution in [3.63, 3.8) is 0 Å². The van der Waals surface area contributed by atoms with Crippen molar-refractivity contribution in [2.75, 3.05) is 18.8 Å². The fourth-order valence-corrected chi connectivity index (χ4v) is 4.68. The minimum atomic E-state index is 0.165. The first-order chi connectivity index (χ1) is 14.6. The molecule has 3 aromatic rings. The van der Waals surface area contributed by atoms with E-state index in [2.05, 4.69) is 41.2 Å². The predicted octanol–water partition coefficient (Wildman–Crippen LogP) is 4.65. The van der Waals surface area contributed by atoms with Gasteiger partial charge in [0.15, 0.2) is 0 Å². The van der Waals surface area contributed by atoms with Crippen LogP contribution < -0.4 is 0 Å². The molecule has 30 heavy (non-hydrogen) atoms. The summed E-state index contributed by atoms with van der Waals surface area (Å²) in [4.78, 5) is 28.4. The Kier molecular flexibility index (Phi) is 6.43. The summed E-state index contributed by atoms with van der Waals surface area (Å²) in [7, 11) is 0. The van der Waals surface area contributed by atoms with E-state index in [9.17, 15) is 4.79 Å². The standard InChI is InChI=1S/C24H26N4OS/c1-17-7-5-8-19(13-17)21-14-26-18(2)27-24(21)20-9-6-12-28(15-20)23(29)16-30-22-10-3-4-11-25-22/h3-5,7-8,10-11,13-14,20H,6,9,12,15-16H2,1-2H3. The quantitative estimate of drug-likeness (QED) is 0.564. The Morgan fingerprint density at radius 3 is 2.87 bits per heavy atom. The zero-order valence-electron chi connectivity index (χ0n) is 17.4. The highest BCUT2D eigenvalue weighted by Crippen LogP contribution is 2.33. The van der Waals surface area contributed by atoms with Gasteiger partial charge in [-0.1, -0.05) is 47.7 Å². The van der Waals surface area contributed by atoms with Gasteiger partial charge in [0.2, 0.25) is 5.91 Å². The lowest BCUT2D eigenvalue weighted by Crippen LogP contribution is -2.40. The fourth-order valence-electron chi connectivity index (χ4n) is 3.92. The van der Waals surface area contributed by atoms with Crippen LogP contribution >= 0.6 is 11.8 Å². The van der Waals surface area contributed by atoms with Gasteiger partial charge in [0.25, 0.3) is 0 Å². The zero-order valence-corrected chi connectivity index (χ0v) is 18.2. The van der Waals surface area contributed by atoms with Gasteiger partial charge in [-0.15, -0.1) is 0 Å². The third-order valence-corrected chi connectivity index (χ3v) is 6.34. The average Bonchev–Trinajstić information content (AvgIpc) is 2.78. The van der Waals surface area contributed by atoms with Crippen LogP contribution in [0.4, 0.5) is 0 Å². The largest absolute Gasteiger partial charge is 0.341 e. The van der Waals surface area contributed by atoms with Gasteiger partial charge in [-0.3, -0.25) is 4.79 Å². The SMILES string of the molecule is Cc1cccc(-c2cnc(C)nc2C2CCCN(C(=O)CSc3ccccn3)C2)c1. The first-order valence-electron chi connectivity index (χ1n) is 10.3. The molecule has 1 unspecified atom stereocenters.